The minimum absolute atomic E-state index is 0.137. The van der Waals surface area contributed by atoms with Crippen molar-refractivity contribution in [1.82, 2.24) is 20.3 Å². The van der Waals surface area contributed by atoms with Gasteiger partial charge >= 0.3 is 6.03 Å². The number of ether oxygens (including phenoxy) is 1. The molecule has 1 heterocycles. The van der Waals surface area contributed by atoms with E-state index < -0.39 is 16.1 Å². The molecule has 0 aliphatic carbocycles. The van der Waals surface area contributed by atoms with E-state index in [4.69, 9.17) is 4.74 Å². The predicted molar refractivity (Wildman–Crippen MR) is 125 cm³/mol. The van der Waals surface area contributed by atoms with Gasteiger partial charge in [-0.25, -0.2) is 17.9 Å². The number of sulfonamides is 1. The molecule has 0 unspecified atom stereocenters. The molecule has 0 saturated carbocycles. The van der Waals surface area contributed by atoms with Crippen LogP contribution in [-0.4, -0.2) is 45.5 Å². The van der Waals surface area contributed by atoms with Crippen molar-refractivity contribution in [2.45, 2.75) is 24.7 Å². The van der Waals surface area contributed by atoms with E-state index in [-0.39, 0.29) is 23.1 Å². The first-order chi connectivity index (χ1) is 15.8. The summed E-state index contributed by atoms with van der Waals surface area (Å²) in [6.07, 6.45) is 2.59. The molecular formula is C23H26N4O5S. The van der Waals surface area contributed by atoms with Crippen LogP contribution in [0.3, 0.4) is 0 Å². The van der Waals surface area contributed by atoms with Crippen molar-refractivity contribution in [1.29, 1.82) is 0 Å². The zero-order valence-electron chi connectivity index (χ0n) is 18.4. The molecule has 174 valence electrons. The molecule has 10 heteroatoms. The molecule has 1 aromatic heterocycles. The first-order valence-corrected chi connectivity index (χ1v) is 12.0. The van der Waals surface area contributed by atoms with Gasteiger partial charge in [-0.15, -0.1) is 0 Å². The topological polar surface area (TPSA) is 126 Å². The zero-order chi connectivity index (χ0) is 23.8. The number of benzene rings is 2. The average molecular weight is 471 g/mol. The second kappa shape index (κ2) is 10.8. The smallest absolute Gasteiger partial charge is 0.328 e. The number of hydrogen-bond acceptors (Lipinski definition) is 6. The third-order valence-corrected chi connectivity index (χ3v) is 6.12. The number of rotatable bonds is 9. The molecule has 0 aliphatic heterocycles. The van der Waals surface area contributed by atoms with E-state index in [9.17, 15) is 18.0 Å². The molecule has 0 atom stereocenters. The Bertz CT molecular complexity index is 1260. The highest BCUT2D eigenvalue weighted by molar-refractivity contribution is 7.90. The third kappa shape index (κ3) is 6.19. The quantitative estimate of drug-likeness (QED) is 0.441. The van der Waals surface area contributed by atoms with E-state index in [2.05, 4.69) is 15.6 Å². The fourth-order valence-electron chi connectivity index (χ4n) is 3.09. The molecule has 3 amide bonds. The summed E-state index contributed by atoms with van der Waals surface area (Å²) in [5, 5.41) is 5.91. The van der Waals surface area contributed by atoms with E-state index in [1.165, 1.54) is 19.3 Å². The number of carbonyl (C=O) groups excluding carboxylic acids is 2. The number of nitrogens with one attached hydrogen (secondary N) is 3. The van der Waals surface area contributed by atoms with Gasteiger partial charge < -0.3 is 15.4 Å². The van der Waals surface area contributed by atoms with Crippen LogP contribution in [0.1, 0.15) is 29.3 Å². The van der Waals surface area contributed by atoms with Crippen LogP contribution in [0.25, 0.3) is 10.9 Å². The van der Waals surface area contributed by atoms with Gasteiger partial charge in [-0.05, 0) is 42.7 Å². The van der Waals surface area contributed by atoms with Crippen molar-refractivity contribution in [2.75, 3.05) is 20.2 Å². The first kappa shape index (κ1) is 24.0. The number of amides is 3. The Labute approximate surface area is 192 Å². The van der Waals surface area contributed by atoms with E-state index in [1.54, 1.807) is 18.2 Å². The van der Waals surface area contributed by atoms with E-state index in [0.29, 0.717) is 30.6 Å². The normalized spacial score (nSPS) is 11.1. The second-order valence-corrected chi connectivity index (χ2v) is 8.89. The summed E-state index contributed by atoms with van der Waals surface area (Å²) >= 11 is 0. The second-order valence-electron chi connectivity index (χ2n) is 7.24. The van der Waals surface area contributed by atoms with Gasteiger partial charge in [0.05, 0.1) is 17.7 Å². The van der Waals surface area contributed by atoms with Crippen LogP contribution in [0.4, 0.5) is 4.79 Å². The number of para-hydroxylation sites is 1. The van der Waals surface area contributed by atoms with Crippen molar-refractivity contribution < 1.29 is 22.7 Å². The Morgan fingerprint density at radius 3 is 2.64 bits per heavy atom. The fourth-order valence-corrected chi connectivity index (χ4v) is 4.25. The molecule has 0 radical (unpaired) electrons. The summed E-state index contributed by atoms with van der Waals surface area (Å²) in [6.45, 7) is 2.51. The van der Waals surface area contributed by atoms with Crippen LogP contribution < -0.4 is 20.1 Å². The van der Waals surface area contributed by atoms with Crippen LogP contribution in [0, 0.1) is 0 Å². The maximum Gasteiger partial charge on any atom is 0.328 e. The van der Waals surface area contributed by atoms with E-state index >= 15 is 0 Å². The Hall–Kier alpha value is -3.66. The molecule has 3 N–H and O–H groups in total. The number of aromatic nitrogens is 1. The van der Waals surface area contributed by atoms with Gasteiger partial charge in [0.25, 0.3) is 15.9 Å². The first-order valence-electron chi connectivity index (χ1n) is 10.5. The van der Waals surface area contributed by atoms with E-state index in [0.717, 1.165) is 10.9 Å². The zero-order valence-corrected chi connectivity index (χ0v) is 19.2. The van der Waals surface area contributed by atoms with Crippen molar-refractivity contribution in [3.8, 4) is 5.75 Å². The number of carbonyl (C=O) groups is 2. The summed E-state index contributed by atoms with van der Waals surface area (Å²) in [4.78, 5) is 28.2. The van der Waals surface area contributed by atoms with Crippen molar-refractivity contribution in [3.63, 3.8) is 0 Å². The molecule has 0 fully saturated rings. The van der Waals surface area contributed by atoms with Crippen LogP contribution in [0.5, 0.6) is 5.75 Å². The molecule has 33 heavy (non-hydrogen) atoms. The molecule has 9 nitrogen and oxygen atoms in total. The fraction of sp³-hybridized carbons (Fsp3) is 0.261. The number of urea groups is 1. The molecule has 3 aromatic rings. The highest BCUT2D eigenvalue weighted by Crippen LogP contribution is 2.25. The summed E-state index contributed by atoms with van der Waals surface area (Å²) in [7, 11) is -2.82. The largest absolute Gasteiger partial charge is 0.492 e. The molecule has 0 spiro atoms. The van der Waals surface area contributed by atoms with Crippen molar-refractivity contribution >= 4 is 32.9 Å². The van der Waals surface area contributed by atoms with Gasteiger partial charge in [-0.1, -0.05) is 31.2 Å². The molecule has 0 bridgehead atoms. The van der Waals surface area contributed by atoms with Gasteiger partial charge in [0, 0.05) is 25.2 Å². The summed E-state index contributed by atoms with van der Waals surface area (Å²) in [5.41, 5.74) is 1.90. The van der Waals surface area contributed by atoms with Crippen LogP contribution >= 0.6 is 0 Å². The molecule has 0 saturated heterocycles. The third-order valence-electron chi connectivity index (χ3n) is 4.77. The SMILES string of the molecule is CCCOc1ccc(CCNC(=O)c2cnc3ccccc3c2)cc1S(=O)(=O)NC(=O)NC. The molecule has 0 aliphatic rings. The maximum atomic E-state index is 12.7. The summed E-state index contributed by atoms with van der Waals surface area (Å²) < 4.78 is 32.9. The van der Waals surface area contributed by atoms with Gasteiger partial charge in [0.15, 0.2) is 0 Å². The highest BCUT2D eigenvalue weighted by atomic mass is 32.2. The Morgan fingerprint density at radius 2 is 1.88 bits per heavy atom. The number of fused-ring (bicyclic) bond motifs is 1. The van der Waals surface area contributed by atoms with Crippen molar-refractivity contribution in [3.05, 3.63) is 65.9 Å². The van der Waals surface area contributed by atoms with Crippen LogP contribution in [-0.2, 0) is 16.4 Å². The van der Waals surface area contributed by atoms with Crippen molar-refractivity contribution in [2.24, 2.45) is 0 Å². The predicted octanol–water partition coefficient (Wildman–Crippen LogP) is 2.61. The van der Waals surface area contributed by atoms with Gasteiger partial charge in [0.2, 0.25) is 0 Å². The number of nitrogens with zero attached hydrogens (tertiary/aromatic N) is 1. The lowest BCUT2D eigenvalue weighted by atomic mass is 10.1. The van der Waals surface area contributed by atoms with Gasteiger partial charge in [-0.2, -0.15) is 0 Å². The average Bonchev–Trinajstić information content (AvgIpc) is 2.82. The molecular weight excluding hydrogens is 444 g/mol. The summed E-state index contributed by atoms with van der Waals surface area (Å²) in [6, 6.07) is 13.2. The lowest BCUT2D eigenvalue weighted by Crippen LogP contribution is -2.37. The van der Waals surface area contributed by atoms with Gasteiger partial charge in [-0.3, -0.25) is 9.78 Å². The highest BCUT2D eigenvalue weighted by Gasteiger charge is 2.22. The Kier molecular flexibility index (Phi) is 7.83. The monoisotopic (exact) mass is 470 g/mol. The summed E-state index contributed by atoms with van der Waals surface area (Å²) in [5.74, 6) is -0.117. The minimum atomic E-state index is -4.14. The maximum absolute atomic E-state index is 12.7. The number of pyridine rings is 1. The van der Waals surface area contributed by atoms with Crippen LogP contribution in [0.2, 0.25) is 0 Å². The van der Waals surface area contributed by atoms with Crippen LogP contribution in [0.15, 0.2) is 59.6 Å². The molecule has 2 aromatic carbocycles. The lowest BCUT2D eigenvalue weighted by Gasteiger charge is -2.14. The van der Waals surface area contributed by atoms with E-state index in [1.807, 2.05) is 35.9 Å². The standard InChI is InChI=1S/C23H26N4O5S/c1-3-12-32-20-9-8-16(13-21(20)33(30,31)27-23(29)24-2)10-11-25-22(28)18-14-17-6-4-5-7-19(17)26-15-18/h4-9,13-15H,3,10-12H2,1-2H3,(H,25,28)(H2,24,27,29). The Balaban J connectivity index is 1.72. The Morgan fingerprint density at radius 1 is 1.09 bits per heavy atom. The molecule has 3 rings (SSSR count). The number of hydrogen-bond donors (Lipinski definition) is 3. The van der Waals surface area contributed by atoms with Gasteiger partial charge in [0.1, 0.15) is 10.6 Å². The lowest BCUT2D eigenvalue weighted by molar-refractivity contribution is 0.0954. The minimum Gasteiger partial charge on any atom is -0.492 e.